The third-order valence-corrected chi connectivity index (χ3v) is 3.96. The van der Waals surface area contributed by atoms with E-state index >= 15 is 0 Å². The van der Waals surface area contributed by atoms with Crippen LogP contribution in [0, 0.1) is 5.92 Å². The van der Waals surface area contributed by atoms with Gasteiger partial charge in [-0.25, -0.2) is 0 Å². The molecule has 19 heavy (non-hydrogen) atoms. The Balaban J connectivity index is 1.78. The zero-order valence-electron chi connectivity index (χ0n) is 12.6. The van der Waals surface area contributed by atoms with Gasteiger partial charge in [-0.05, 0) is 48.3 Å². The van der Waals surface area contributed by atoms with E-state index in [1.54, 1.807) is 0 Å². The molecule has 0 heterocycles. The van der Waals surface area contributed by atoms with Gasteiger partial charge in [0.1, 0.15) is 0 Å². The summed E-state index contributed by atoms with van der Waals surface area (Å²) in [5.41, 5.74) is 3.05. The van der Waals surface area contributed by atoms with Gasteiger partial charge in [0.25, 0.3) is 0 Å². The van der Waals surface area contributed by atoms with Gasteiger partial charge in [0, 0.05) is 6.54 Å². The third kappa shape index (κ3) is 4.50. The van der Waals surface area contributed by atoms with Crippen LogP contribution < -0.4 is 5.32 Å². The van der Waals surface area contributed by atoms with Crippen LogP contribution in [-0.2, 0) is 12.0 Å². The fraction of sp³-hybridized carbons (Fsp3) is 0.556. The summed E-state index contributed by atoms with van der Waals surface area (Å²) in [5, 5.41) is 3.60. The van der Waals surface area contributed by atoms with Crippen molar-refractivity contribution in [3.8, 4) is 0 Å². The average Bonchev–Trinajstić information content (AvgIpc) is 2.39. The van der Waals surface area contributed by atoms with Crippen molar-refractivity contribution in [2.75, 3.05) is 6.54 Å². The molecule has 0 saturated heterocycles. The summed E-state index contributed by atoms with van der Waals surface area (Å²) in [6.07, 6.45) is 8.48. The molecule has 1 aromatic rings. The van der Waals surface area contributed by atoms with Crippen LogP contribution in [0.1, 0.15) is 51.2 Å². The first kappa shape index (κ1) is 14.3. The van der Waals surface area contributed by atoms with Crippen LogP contribution in [0.25, 0.3) is 0 Å². The molecular weight excluding hydrogens is 230 g/mol. The maximum Gasteiger partial charge on any atom is 0.0205 e. The lowest BCUT2D eigenvalue weighted by Crippen LogP contribution is -2.23. The molecule has 1 aliphatic carbocycles. The predicted octanol–water partition coefficient (Wildman–Crippen LogP) is 4.43. The second-order valence-electron chi connectivity index (χ2n) is 6.73. The van der Waals surface area contributed by atoms with E-state index in [-0.39, 0.29) is 5.41 Å². The number of allylic oxidation sites excluding steroid dienone is 2. The Bertz CT molecular complexity index is 408. The SMILES string of the molecule is CC(C)(C)c1ccc(CNCC2CC=CCC2)cc1. The lowest BCUT2D eigenvalue weighted by molar-refractivity contribution is 0.440. The second-order valence-corrected chi connectivity index (χ2v) is 6.73. The van der Waals surface area contributed by atoms with Crippen molar-refractivity contribution in [2.45, 2.75) is 52.0 Å². The molecule has 1 unspecified atom stereocenters. The predicted molar refractivity (Wildman–Crippen MR) is 83.3 cm³/mol. The first-order chi connectivity index (χ1) is 9.05. The minimum atomic E-state index is 0.250. The van der Waals surface area contributed by atoms with Gasteiger partial charge in [-0.3, -0.25) is 0 Å². The van der Waals surface area contributed by atoms with Crippen molar-refractivity contribution in [1.82, 2.24) is 5.32 Å². The molecular formula is C18H27N. The normalized spacial score (nSPS) is 19.6. The highest BCUT2D eigenvalue weighted by Crippen LogP contribution is 2.22. The van der Waals surface area contributed by atoms with E-state index < -0.39 is 0 Å². The van der Waals surface area contributed by atoms with E-state index in [2.05, 4.69) is 62.5 Å². The summed E-state index contributed by atoms with van der Waals surface area (Å²) in [6.45, 7) is 8.92. The molecule has 0 bridgehead atoms. The minimum absolute atomic E-state index is 0.250. The van der Waals surface area contributed by atoms with Crippen molar-refractivity contribution in [1.29, 1.82) is 0 Å². The molecule has 2 rings (SSSR count). The highest BCUT2D eigenvalue weighted by Gasteiger charge is 2.13. The van der Waals surface area contributed by atoms with Crippen LogP contribution in [-0.4, -0.2) is 6.54 Å². The molecule has 1 atom stereocenters. The second kappa shape index (κ2) is 6.38. The molecule has 1 N–H and O–H groups in total. The zero-order chi connectivity index (χ0) is 13.7. The van der Waals surface area contributed by atoms with E-state index in [4.69, 9.17) is 0 Å². The highest BCUT2D eigenvalue weighted by molar-refractivity contribution is 5.27. The Morgan fingerprint density at radius 3 is 2.42 bits per heavy atom. The Morgan fingerprint density at radius 2 is 1.84 bits per heavy atom. The molecule has 1 heteroatoms. The fourth-order valence-corrected chi connectivity index (χ4v) is 2.58. The summed E-state index contributed by atoms with van der Waals surface area (Å²) in [7, 11) is 0. The Morgan fingerprint density at radius 1 is 1.11 bits per heavy atom. The van der Waals surface area contributed by atoms with Gasteiger partial charge in [-0.15, -0.1) is 0 Å². The van der Waals surface area contributed by atoms with E-state index in [9.17, 15) is 0 Å². The average molecular weight is 257 g/mol. The Hall–Kier alpha value is -1.08. The van der Waals surface area contributed by atoms with Crippen molar-refractivity contribution in [3.05, 3.63) is 47.5 Å². The van der Waals surface area contributed by atoms with Gasteiger partial charge in [-0.2, -0.15) is 0 Å². The van der Waals surface area contributed by atoms with Gasteiger partial charge in [-0.1, -0.05) is 57.2 Å². The number of nitrogens with one attached hydrogen (secondary N) is 1. The van der Waals surface area contributed by atoms with Crippen LogP contribution in [0.5, 0.6) is 0 Å². The largest absolute Gasteiger partial charge is 0.312 e. The first-order valence-electron chi connectivity index (χ1n) is 7.51. The molecule has 1 aliphatic rings. The molecule has 0 aromatic heterocycles. The maximum absolute atomic E-state index is 3.60. The van der Waals surface area contributed by atoms with Gasteiger partial charge < -0.3 is 5.32 Å². The lowest BCUT2D eigenvalue weighted by Gasteiger charge is -2.20. The van der Waals surface area contributed by atoms with Crippen LogP contribution in [0.2, 0.25) is 0 Å². The monoisotopic (exact) mass is 257 g/mol. The zero-order valence-corrected chi connectivity index (χ0v) is 12.6. The van der Waals surface area contributed by atoms with Crippen molar-refractivity contribution < 1.29 is 0 Å². The molecule has 0 amide bonds. The summed E-state index contributed by atoms with van der Waals surface area (Å²) in [6, 6.07) is 9.05. The molecule has 0 spiro atoms. The number of hydrogen-bond acceptors (Lipinski definition) is 1. The van der Waals surface area contributed by atoms with Crippen molar-refractivity contribution >= 4 is 0 Å². The third-order valence-electron chi connectivity index (χ3n) is 3.96. The standard InChI is InChI=1S/C18H27N/c1-18(2,3)17-11-9-16(10-12-17)14-19-13-15-7-5-4-6-8-15/h4-5,9-12,15,19H,6-8,13-14H2,1-3H3. The van der Waals surface area contributed by atoms with E-state index in [1.165, 1.54) is 30.4 Å². The molecule has 104 valence electrons. The van der Waals surface area contributed by atoms with Crippen LogP contribution >= 0.6 is 0 Å². The lowest BCUT2D eigenvalue weighted by atomic mass is 9.87. The molecule has 0 radical (unpaired) electrons. The quantitative estimate of drug-likeness (QED) is 0.787. The van der Waals surface area contributed by atoms with E-state index in [1.807, 2.05) is 0 Å². The minimum Gasteiger partial charge on any atom is -0.312 e. The van der Waals surface area contributed by atoms with Gasteiger partial charge in [0.05, 0.1) is 0 Å². The number of hydrogen-bond donors (Lipinski definition) is 1. The van der Waals surface area contributed by atoms with Gasteiger partial charge in [0.15, 0.2) is 0 Å². The van der Waals surface area contributed by atoms with Gasteiger partial charge in [0.2, 0.25) is 0 Å². The fourth-order valence-electron chi connectivity index (χ4n) is 2.58. The summed E-state index contributed by atoms with van der Waals surface area (Å²) >= 11 is 0. The van der Waals surface area contributed by atoms with Crippen LogP contribution in [0.3, 0.4) is 0 Å². The summed E-state index contributed by atoms with van der Waals surface area (Å²) in [4.78, 5) is 0. The number of rotatable bonds is 4. The van der Waals surface area contributed by atoms with Gasteiger partial charge >= 0.3 is 0 Å². The van der Waals surface area contributed by atoms with E-state index in [0.717, 1.165) is 19.0 Å². The highest BCUT2D eigenvalue weighted by atomic mass is 14.9. The summed E-state index contributed by atoms with van der Waals surface area (Å²) < 4.78 is 0. The van der Waals surface area contributed by atoms with Crippen molar-refractivity contribution in [2.24, 2.45) is 5.92 Å². The van der Waals surface area contributed by atoms with Crippen molar-refractivity contribution in [3.63, 3.8) is 0 Å². The molecule has 0 saturated carbocycles. The smallest absolute Gasteiger partial charge is 0.0205 e. The molecule has 0 aliphatic heterocycles. The van der Waals surface area contributed by atoms with Crippen LogP contribution in [0.4, 0.5) is 0 Å². The maximum atomic E-state index is 3.60. The number of benzene rings is 1. The molecule has 1 nitrogen and oxygen atoms in total. The first-order valence-corrected chi connectivity index (χ1v) is 7.51. The Kier molecular flexibility index (Phi) is 4.81. The van der Waals surface area contributed by atoms with Crippen LogP contribution in [0.15, 0.2) is 36.4 Å². The molecule has 0 fully saturated rings. The topological polar surface area (TPSA) is 12.0 Å². The summed E-state index contributed by atoms with van der Waals surface area (Å²) in [5.74, 6) is 0.832. The Labute approximate surface area is 118 Å². The van der Waals surface area contributed by atoms with E-state index in [0.29, 0.717) is 0 Å². The molecule has 1 aromatic carbocycles.